The lowest BCUT2D eigenvalue weighted by Crippen LogP contribution is -2.46. The number of amides is 2. The second-order valence-electron chi connectivity index (χ2n) is 4.78. The molecule has 22 heavy (non-hydrogen) atoms. The zero-order valence-electron chi connectivity index (χ0n) is 11.7. The second kappa shape index (κ2) is 6.91. The van der Waals surface area contributed by atoms with E-state index in [1.54, 1.807) is 16.2 Å². The Morgan fingerprint density at radius 1 is 1.41 bits per heavy atom. The molecule has 2 fully saturated rings. The highest BCUT2D eigenvalue weighted by atomic mass is 32.2. The monoisotopic (exact) mass is 354 g/mol. The lowest BCUT2D eigenvalue weighted by Gasteiger charge is -2.28. The first-order valence-electron chi connectivity index (χ1n) is 6.79. The van der Waals surface area contributed by atoms with Gasteiger partial charge in [0, 0.05) is 18.0 Å². The molecule has 1 aromatic rings. The molecule has 2 aliphatic rings. The summed E-state index contributed by atoms with van der Waals surface area (Å²) >= 11 is 8.05. The number of hydrogen-bond donors (Lipinski definition) is 0. The summed E-state index contributed by atoms with van der Waals surface area (Å²) < 4.78 is 5.66. The molecule has 0 radical (unpaired) electrons. The topological polar surface area (TPSA) is 49.9 Å². The molecule has 0 unspecified atom stereocenters. The van der Waals surface area contributed by atoms with E-state index in [0.717, 1.165) is 4.88 Å². The number of nitrogens with zero attached hydrogens (tertiary/aromatic N) is 2. The van der Waals surface area contributed by atoms with E-state index >= 15 is 0 Å². The van der Waals surface area contributed by atoms with Gasteiger partial charge in [0.25, 0.3) is 5.91 Å². The average Bonchev–Trinajstić information content (AvgIpc) is 3.12. The van der Waals surface area contributed by atoms with Crippen molar-refractivity contribution in [2.45, 2.75) is 0 Å². The summed E-state index contributed by atoms with van der Waals surface area (Å²) in [6.07, 6.45) is 1.82. The van der Waals surface area contributed by atoms with Gasteiger partial charge in [-0.1, -0.05) is 30.0 Å². The van der Waals surface area contributed by atoms with Crippen LogP contribution >= 0.6 is 35.3 Å². The second-order valence-corrected chi connectivity index (χ2v) is 7.43. The summed E-state index contributed by atoms with van der Waals surface area (Å²) in [6.45, 7) is 2.23. The molecular formula is C14H14N2O3S3. The number of thiophene rings is 1. The standard InChI is InChI=1S/C14H14N2O3S3/c17-12(15-3-5-19-6-4-15)9-16-13(18)11(22-14(16)20)8-10-2-1-7-21-10/h1-2,7-8H,3-6,9H2/b11-8+. The van der Waals surface area contributed by atoms with Crippen LogP contribution in [0.2, 0.25) is 0 Å². The van der Waals surface area contributed by atoms with E-state index < -0.39 is 0 Å². The molecule has 2 aliphatic heterocycles. The van der Waals surface area contributed by atoms with Crippen LogP contribution in [0.1, 0.15) is 4.88 Å². The van der Waals surface area contributed by atoms with E-state index in [1.165, 1.54) is 16.7 Å². The summed E-state index contributed by atoms with van der Waals surface area (Å²) in [5.41, 5.74) is 0. The number of thioether (sulfide) groups is 1. The Morgan fingerprint density at radius 3 is 2.86 bits per heavy atom. The number of carbonyl (C=O) groups excluding carboxylic acids is 2. The number of thiocarbonyl (C=S) groups is 1. The van der Waals surface area contributed by atoms with E-state index in [-0.39, 0.29) is 18.4 Å². The summed E-state index contributed by atoms with van der Waals surface area (Å²) in [5, 5.41) is 1.95. The third-order valence-corrected chi connectivity index (χ3v) is 5.54. The first kappa shape index (κ1) is 15.7. The molecule has 1 aromatic heterocycles. The minimum absolute atomic E-state index is 0.00640. The lowest BCUT2D eigenvalue weighted by molar-refractivity contribution is -0.138. The van der Waals surface area contributed by atoms with Crippen LogP contribution in [0.5, 0.6) is 0 Å². The van der Waals surface area contributed by atoms with Gasteiger partial charge in [-0.2, -0.15) is 0 Å². The molecular weight excluding hydrogens is 340 g/mol. The van der Waals surface area contributed by atoms with E-state index in [2.05, 4.69) is 0 Å². The highest BCUT2D eigenvalue weighted by Crippen LogP contribution is 2.33. The molecule has 0 bridgehead atoms. The maximum absolute atomic E-state index is 12.4. The molecule has 0 spiro atoms. The summed E-state index contributed by atoms with van der Waals surface area (Å²) in [6, 6.07) is 3.87. The zero-order valence-corrected chi connectivity index (χ0v) is 14.1. The first-order valence-corrected chi connectivity index (χ1v) is 8.90. The van der Waals surface area contributed by atoms with Crippen molar-refractivity contribution in [3.05, 3.63) is 27.3 Å². The predicted octanol–water partition coefficient (Wildman–Crippen LogP) is 1.81. The minimum Gasteiger partial charge on any atom is -0.378 e. The van der Waals surface area contributed by atoms with Gasteiger partial charge in [0.2, 0.25) is 5.91 Å². The van der Waals surface area contributed by atoms with E-state index in [4.69, 9.17) is 17.0 Å². The molecule has 116 valence electrons. The molecule has 0 aromatic carbocycles. The van der Waals surface area contributed by atoms with Crippen molar-refractivity contribution >= 4 is 57.5 Å². The minimum atomic E-state index is -0.190. The Balaban J connectivity index is 1.68. The Kier molecular flexibility index (Phi) is 4.92. The van der Waals surface area contributed by atoms with Crippen LogP contribution in [-0.4, -0.2) is 58.8 Å². The molecule has 0 aliphatic carbocycles. The van der Waals surface area contributed by atoms with Gasteiger partial charge in [-0.25, -0.2) is 0 Å². The largest absolute Gasteiger partial charge is 0.378 e. The molecule has 2 saturated heterocycles. The zero-order chi connectivity index (χ0) is 15.5. The molecule has 0 N–H and O–H groups in total. The van der Waals surface area contributed by atoms with Gasteiger partial charge >= 0.3 is 0 Å². The fourth-order valence-corrected chi connectivity index (χ4v) is 4.16. The van der Waals surface area contributed by atoms with Gasteiger partial charge in [-0.3, -0.25) is 14.5 Å². The van der Waals surface area contributed by atoms with Crippen molar-refractivity contribution in [1.29, 1.82) is 0 Å². The van der Waals surface area contributed by atoms with Crippen molar-refractivity contribution in [2.24, 2.45) is 0 Å². The van der Waals surface area contributed by atoms with Crippen LogP contribution in [0.15, 0.2) is 22.4 Å². The molecule has 5 nitrogen and oxygen atoms in total. The molecule has 8 heteroatoms. The van der Waals surface area contributed by atoms with E-state index in [0.29, 0.717) is 35.5 Å². The van der Waals surface area contributed by atoms with Crippen molar-refractivity contribution in [2.75, 3.05) is 32.8 Å². The van der Waals surface area contributed by atoms with Crippen molar-refractivity contribution in [1.82, 2.24) is 9.80 Å². The summed E-state index contributed by atoms with van der Waals surface area (Å²) in [7, 11) is 0. The molecule has 3 heterocycles. The third kappa shape index (κ3) is 3.40. The van der Waals surface area contributed by atoms with Crippen LogP contribution in [-0.2, 0) is 14.3 Å². The van der Waals surface area contributed by atoms with Gasteiger partial charge < -0.3 is 9.64 Å². The van der Waals surface area contributed by atoms with Crippen LogP contribution < -0.4 is 0 Å². The Hall–Kier alpha value is -1.22. The summed E-state index contributed by atoms with van der Waals surface area (Å²) in [5.74, 6) is -0.276. The fraction of sp³-hybridized carbons (Fsp3) is 0.357. The maximum Gasteiger partial charge on any atom is 0.266 e. The van der Waals surface area contributed by atoms with Crippen molar-refractivity contribution in [3.8, 4) is 0 Å². The SMILES string of the molecule is O=C(CN1C(=O)/C(=C\c2cccs2)SC1=S)N1CCOCC1. The van der Waals surface area contributed by atoms with Crippen LogP contribution in [0.25, 0.3) is 6.08 Å². The Labute approximate surface area is 141 Å². The normalized spacial score (nSPS) is 21.0. The van der Waals surface area contributed by atoms with Crippen LogP contribution in [0.3, 0.4) is 0 Å². The smallest absolute Gasteiger partial charge is 0.266 e. The Morgan fingerprint density at radius 2 is 2.18 bits per heavy atom. The average molecular weight is 354 g/mol. The highest BCUT2D eigenvalue weighted by molar-refractivity contribution is 8.26. The number of ether oxygens (including phenoxy) is 1. The molecule has 0 atom stereocenters. The lowest BCUT2D eigenvalue weighted by atomic mass is 10.3. The third-order valence-electron chi connectivity index (χ3n) is 3.35. The van der Waals surface area contributed by atoms with Gasteiger partial charge in [0.05, 0.1) is 18.1 Å². The number of carbonyl (C=O) groups is 2. The van der Waals surface area contributed by atoms with Crippen molar-refractivity contribution in [3.63, 3.8) is 0 Å². The molecule has 0 saturated carbocycles. The number of morpholine rings is 1. The van der Waals surface area contributed by atoms with Crippen molar-refractivity contribution < 1.29 is 14.3 Å². The van der Waals surface area contributed by atoms with E-state index in [9.17, 15) is 9.59 Å². The highest BCUT2D eigenvalue weighted by Gasteiger charge is 2.34. The van der Waals surface area contributed by atoms with Gasteiger partial charge in [-0.05, 0) is 17.5 Å². The molecule has 2 amide bonds. The predicted molar refractivity (Wildman–Crippen MR) is 91.6 cm³/mol. The van der Waals surface area contributed by atoms with Gasteiger partial charge in [0.15, 0.2) is 0 Å². The summed E-state index contributed by atoms with van der Waals surface area (Å²) in [4.78, 5) is 29.3. The van der Waals surface area contributed by atoms with E-state index in [1.807, 2.05) is 23.6 Å². The Bertz CT molecular complexity index is 621. The number of hydrogen-bond acceptors (Lipinski definition) is 6. The van der Waals surface area contributed by atoms with Crippen LogP contribution in [0, 0.1) is 0 Å². The first-order chi connectivity index (χ1) is 10.6. The van der Waals surface area contributed by atoms with Gasteiger partial charge in [-0.15, -0.1) is 11.3 Å². The van der Waals surface area contributed by atoms with Gasteiger partial charge in [0.1, 0.15) is 10.9 Å². The van der Waals surface area contributed by atoms with Crippen LogP contribution in [0.4, 0.5) is 0 Å². The molecule has 3 rings (SSSR count). The fourth-order valence-electron chi connectivity index (χ4n) is 2.19. The number of rotatable bonds is 3. The maximum atomic E-state index is 12.4. The quantitative estimate of drug-likeness (QED) is 0.612.